The molecule has 0 aliphatic heterocycles. The molecule has 4 N–H and O–H groups in total. The van der Waals surface area contributed by atoms with Crippen LogP contribution in [0.1, 0.15) is 44.4 Å². The van der Waals surface area contributed by atoms with Gasteiger partial charge in [0.2, 0.25) is 5.91 Å². The largest absolute Gasteiger partial charge is 0.449 e. The third-order valence-corrected chi connectivity index (χ3v) is 5.82. The van der Waals surface area contributed by atoms with Gasteiger partial charge in [0.25, 0.3) is 0 Å². The van der Waals surface area contributed by atoms with Crippen LogP contribution in [-0.4, -0.2) is 58.8 Å². The van der Waals surface area contributed by atoms with Crippen LogP contribution in [0.25, 0.3) is 0 Å². The van der Waals surface area contributed by atoms with Gasteiger partial charge in [0.1, 0.15) is 6.04 Å². The Morgan fingerprint density at radius 1 is 1.03 bits per heavy atom. The molecule has 3 atom stereocenters. The van der Waals surface area contributed by atoms with Gasteiger partial charge in [-0.15, -0.1) is 0 Å². The van der Waals surface area contributed by atoms with Gasteiger partial charge in [0.15, 0.2) is 12.0 Å². The van der Waals surface area contributed by atoms with Gasteiger partial charge < -0.3 is 20.5 Å². The van der Waals surface area contributed by atoms with Gasteiger partial charge >= 0.3 is 6.09 Å². The van der Waals surface area contributed by atoms with E-state index in [1.165, 1.54) is 0 Å². The minimum Gasteiger partial charge on any atom is -0.449 e. The van der Waals surface area contributed by atoms with Crippen LogP contribution in [0.2, 0.25) is 0 Å². The number of benzene rings is 1. The van der Waals surface area contributed by atoms with Crippen molar-refractivity contribution in [3.05, 3.63) is 66.0 Å². The number of pyridine rings is 1. The van der Waals surface area contributed by atoms with E-state index in [4.69, 9.17) is 4.74 Å². The van der Waals surface area contributed by atoms with E-state index in [0.717, 1.165) is 24.1 Å². The minimum atomic E-state index is -1.38. The second-order valence-electron chi connectivity index (χ2n) is 9.53. The van der Waals surface area contributed by atoms with Crippen molar-refractivity contribution in [3.63, 3.8) is 0 Å². The summed E-state index contributed by atoms with van der Waals surface area (Å²) in [5.74, 6) is -0.918. The number of ether oxygens (including phenoxy) is 1. The first-order valence-corrected chi connectivity index (χ1v) is 12.5. The quantitative estimate of drug-likeness (QED) is 0.295. The summed E-state index contributed by atoms with van der Waals surface area (Å²) in [6.45, 7) is 3.99. The van der Waals surface area contributed by atoms with Crippen molar-refractivity contribution in [2.24, 2.45) is 5.92 Å². The van der Waals surface area contributed by atoms with Crippen molar-refractivity contribution in [3.8, 4) is 0 Å². The van der Waals surface area contributed by atoms with E-state index < -0.39 is 36.1 Å². The summed E-state index contributed by atoms with van der Waals surface area (Å²) in [5, 5.41) is 18.7. The highest BCUT2D eigenvalue weighted by atomic mass is 16.5. The smallest absolute Gasteiger partial charge is 0.407 e. The van der Waals surface area contributed by atoms with Crippen LogP contribution in [0, 0.1) is 5.92 Å². The summed E-state index contributed by atoms with van der Waals surface area (Å²) in [4.78, 5) is 42.9. The molecule has 2 aromatic rings. The molecule has 0 spiro atoms. The topological polar surface area (TPSA) is 130 Å². The number of carbonyl (C=O) groups excluding carboxylic acids is 3. The van der Waals surface area contributed by atoms with Crippen molar-refractivity contribution >= 4 is 17.8 Å². The number of hydrogen-bond acceptors (Lipinski definition) is 7. The monoisotopic (exact) mass is 496 g/mol. The average molecular weight is 497 g/mol. The van der Waals surface area contributed by atoms with Gasteiger partial charge in [-0.25, -0.2) is 4.79 Å². The van der Waals surface area contributed by atoms with Crippen molar-refractivity contribution in [2.75, 3.05) is 6.61 Å². The Morgan fingerprint density at radius 3 is 2.39 bits per heavy atom. The molecule has 194 valence electrons. The number of aliphatic hydroxyl groups is 1. The lowest BCUT2D eigenvalue weighted by molar-refractivity contribution is -0.134. The van der Waals surface area contributed by atoms with E-state index in [-0.39, 0.29) is 25.0 Å². The fraction of sp³-hybridized carbons (Fsp3) is 0.481. The number of hydrogen-bond donors (Lipinski definition) is 4. The molecule has 3 rings (SSSR count). The van der Waals surface area contributed by atoms with Gasteiger partial charge in [0.05, 0.1) is 12.6 Å². The summed E-state index contributed by atoms with van der Waals surface area (Å²) in [5.41, 5.74) is 1.64. The first-order valence-electron chi connectivity index (χ1n) is 12.5. The van der Waals surface area contributed by atoms with Gasteiger partial charge in [-0.2, -0.15) is 0 Å². The Morgan fingerprint density at radius 2 is 1.75 bits per heavy atom. The molecule has 36 heavy (non-hydrogen) atoms. The zero-order valence-corrected chi connectivity index (χ0v) is 20.9. The van der Waals surface area contributed by atoms with E-state index in [1.54, 1.807) is 6.20 Å². The molecule has 1 aliphatic carbocycles. The second kappa shape index (κ2) is 13.7. The molecule has 1 heterocycles. The molecule has 9 nitrogen and oxygen atoms in total. The molecule has 0 radical (unpaired) electrons. The van der Waals surface area contributed by atoms with E-state index in [2.05, 4.69) is 20.9 Å². The number of ketones is 1. The van der Waals surface area contributed by atoms with Crippen LogP contribution in [0.15, 0.2) is 54.7 Å². The zero-order valence-electron chi connectivity index (χ0n) is 20.9. The molecule has 1 unspecified atom stereocenters. The molecule has 0 saturated heterocycles. The highest BCUT2D eigenvalue weighted by Gasteiger charge is 2.33. The maximum absolute atomic E-state index is 13.2. The standard InChI is InChI=1S/C27H36N4O5/c1-18(2)16-23(31-27(35)36-15-13-20-10-6-7-14-28-20)25(33)30-22(17-19-8-4-3-5-9-19)24(32)26(34)29-21-11-12-21/h3-10,14,18,21-23,26,29,34H,11-13,15-17H2,1-2H3,(H,30,33)(H,31,35)/t22-,23-,26?/m0/s1. The SMILES string of the molecule is CC(C)C[C@H](NC(=O)OCCc1ccccn1)C(=O)N[C@@H](Cc1ccccc1)C(=O)C(O)NC1CC1. The molecular formula is C27H36N4O5. The summed E-state index contributed by atoms with van der Waals surface area (Å²) in [6, 6.07) is 13.0. The Bertz CT molecular complexity index is 982. The predicted molar refractivity (Wildman–Crippen MR) is 135 cm³/mol. The minimum absolute atomic E-state index is 0.0972. The molecule has 1 fully saturated rings. The third kappa shape index (κ3) is 9.39. The number of nitrogens with one attached hydrogen (secondary N) is 3. The maximum atomic E-state index is 13.2. The number of amides is 2. The van der Waals surface area contributed by atoms with E-state index in [9.17, 15) is 19.5 Å². The Kier molecular flexibility index (Phi) is 10.4. The van der Waals surface area contributed by atoms with Crippen LogP contribution in [0.4, 0.5) is 4.79 Å². The number of aromatic nitrogens is 1. The number of rotatable bonds is 14. The lowest BCUT2D eigenvalue weighted by Crippen LogP contribution is -2.56. The van der Waals surface area contributed by atoms with Crippen LogP contribution in [-0.2, 0) is 27.2 Å². The van der Waals surface area contributed by atoms with Crippen molar-refractivity contribution < 1.29 is 24.2 Å². The zero-order chi connectivity index (χ0) is 25.9. The summed E-state index contributed by atoms with van der Waals surface area (Å²) in [6.07, 6.45) is 2.42. The molecule has 2 amide bonds. The first kappa shape index (κ1) is 27.3. The maximum Gasteiger partial charge on any atom is 0.407 e. The van der Waals surface area contributed by atoms with Crippen LogP contribution >= 0.6 is 0 Å². The van der Waals surface area contributed by atoms with Gasteiger partial charge in [-0.05, 0) is 49.3 Å². The van der Waals surface area contributed by atoms with E-state index in [0.29, 0.717) is 12.8 Å². The predicted octanol–water partition coefficient (Wildman–Crippen LogP) is 2.13. The highest BCUT2D eigenvalue weighted by molar-refractivity contribution is 5.94. The molecule has 1 aromatic heterocycles. The lowest BCUT2D eigenvalue weighted by Gasteiger charge is -2.25. The van der Waals surface area contributed by atoms with Crippen molar-refractivity contribution in [1.29, 1.82) is 0 Å². The highest BCUT2D eigenvalue weighted by Crippen LogP contribution is 2.19. The van der Waals surface area contributed by atoms with Crippen LogP contribution < -0.4 is 16.0 Å². The number of carbonyl (C=O) groups is 3. The second-order valence-corrected chi connectivity index (χ2v) is 9.53. The van der Waals surface area contributed by atoms with Crippen molar-refractivity contribution in [2.45, 2.75) is 70.3 Å². The molecular weight excluding hydrogens is 460 g/mol. The molecule has 9 heteroatoms. The molecule has 1 aromatic carbocycles. The van der Waals surface area contributed by atoms with Crippen LogP contribution in [0.5, 0.6) is 0 Å². The third-order valence-electron chi connectivity index (χ3n) is 5.82. The van der Waals surface area contributed by atoms with Gasteiger partial charge in [-0.3, -0.25) is 19.9 Å². The summed E-state index contributed by atoms with van der Waals surface area (Å²) >= 11 is 0. The Hall–Kier alpha value is -3.30. The molecule has 1 aliphatic rings. The average Bonchev–Trinajstić information content (AvgIpc) is 3.67. The van der Waals surface area contributed by atoms with Gasteiger partial charge in [0, 0.05) is 24.4 Å². The molecule has 0 bridgehead atoms. The summed E-state index contributed by atoms with van der Waals surface area (Å²) < 4.78 is 5.26. The molecule has 1 saturated carbocycles. The lowest BCUT2D eigenvalue weighted by atomic mass is 9.99. The Labute approximate surface area is 212 Å². The van der Waals surface area contributed by atoms with E-state index >= 15 is 0 Å². The van der Waals surface area contributed by atoms with Gasteiger partial charge in [-0.1, -0.05) is 50.2 Å². The number of alkyl carbamates (subject to hydrolysis) is 1. The number of nitrogens with zero attached hydrogens (tertiary/aromatic N) is 1. The number of Topliss-reactive ketones (excluding diaryl/α,β-unsaturated/α-hetero) is 1. The fourth-order valence-corrected chi connectivity index (χ4v) is 3.77. The summed E-state index contributed by atoms with van der Waals surface area (Å²) in [7, 11) is 0. The number of aliphatic hydroxyl groups excluding tert-OH is 1. The van der Waals surface area contributed by atoms with Crippen molar-refractivity contribution in [1.82, 2.24) is 20.9 Å². The normalized spacial score (nSPS) is 15.6. The van der Waals surface area contributed by atoms with Crippen LogP contribution in [0.3, 0.4) is 0 Å². The van der Waals surface area contributed by atoms with E-state index in [1.807, 2.05) is 62.4 Å². The Balaban J connectivity index is 1.62. The first-order chi connectivity index (χ1) is 17.3. The fourth-order valence-electron chi connectivity index (χ4n) is 3.77.